The number of unbranched alkanes of at least 4 members (excludes halogenated alkanes) is 1. The Bertz CT molecular complexity index is 819. The van der Waals surface area contributed by atoms with Crippen molar-refractivity contribution in [3.05, 3.63) is 54.1 Å². The zero-order valence-corrected chi connectivity index (χ0v) is 14.1. The smallest absolute Gasteiger partial charge is 0.180 e. The number of ether oxygens (including phenoxy) is 1. The largest absolute Gasteiger partial charge is 0.482 e. The molecule has 0 atom stereocenters. The topological polar surface area (TPSA) is 59.9 Å². The van der Waals surface area contributed by atoms with Crippen molar-refractivity contribution in [1.82, 2.24) is 15.0 Å². The molecule has 24 heavy (non-hydrogen) atoms. The molecule has 5 nitrogen and oxygen atoms in total. The molecule has 0 bridgehead atoms. The Morgan fingerprint density at radius 1 is 1.08 bits per heavy atom. The minimum atomic E-state index is 0.389. The molecule has 1 N–H and O–H groups in total. The number of rotatable bonds is 7. The van der Waals surface area contributed by atoms with Crippen molar-refractivity contribution in [3.63, 3.8) is 0 Å². The Hall–Kier alpha value is -2.69. The lowest BCUT2D eigenvalue weighted by atomic mass is 10.2. The van der Waals surface area contributed by atoms with E-state index in [0.29, 0.717) is 12.4 Å². The molecule has 0 aliphatic heterocycles. The van der Waals surface area contributed by atoms with E-state index >= 15 is 0 Å². The van der Waals surface area contributed by atoms with Crippen LogP contribution in [-0.2, 0) is 6.61 Å². The zero-order chi connectivity index (χ0) is 16.8. The molecule has 124 valence electrons. The van der Waals surface area contributed by atoms with E-state index in [-0.39, 0.29) is 0 Å². The number of benzene rings is 1. The molecule has 0 saturated heterocycles. The molecule has 0 amide bonds. The van der Waals surface area contributed by atoms with E-state index < -0.39 is 0 Å². The fourth-order valence-corrected chi connectivity index (χ4v) is 2.42. The molecule has 0 spiro atoms. The summed E-state index contributed by atoms with van der Waals surface area (Å²) in [5.74, 6) is 2.13. The zero-order valence-electron chi connectivity index (χ0n) is 14.1. The molecular weight excluding hydrogens is 300 g/mol. The Morgan fingerprint density at radius 3 is 2.83 bits per heavy atom. The SMILES string of the molecule is CCCCNc1nc(C)ncc1OCc1ccc2ccccc2n1. The van der Waals surface area contributed by atoms with Crippen molar-refractivity contribution in [2.24, 2.45) is 0 Å². The predicted molar refractivity (Wildman–Crippen MR) is 96.2 cm³/mol. The van der Waals surface area contributed by atoms with Crippen LogP contribution in [0.5, 0.6) is 5.75 Å². The van der Waals surface area contributed by atoms with Gasteiger partial charge in [-0.15, -0.1) is 0 Å². The van der Waals surface area contributed by atoms with E-state index in [1.165, 1.54) is 0 Å². The number of nitrogens with one attached hydrogen (secondary N) is 1. The molecular formula is C19H22N4O. The van der Waals surface area contributed by atoms with Gasteiger partial charge in [-0.3, -0.25) is 0 Å². The van der Waals surface area contributed by atoms with Crippen LogP contribution in [0.2, 0.25) is 0 Å². The lowest BCUT2D eigenvalue weighted by Gasteiger charge is -2.12. The average molecular weight is 322 g/mol. The number of anilines is 1. The van der Waals surface area contributed by atoms with Gasteiger partial charge in [0.25, 0.3) is 0 Å². The summed E-state index contributed by atoms with van der Waals surface area (Å²) in [5, 5.41) is 4.45. The maximum atomic E-state index is 5.91. The van der Waals surface area contributed by atoms with Crippen LogP contribution in [-0.4, -0.2) is 21.5 Å². The van der Waals surface area contributed by atoms with Gasteiger partial charge in [0.05, 0.1) is 17.4 Å². The number of nitrogens with zero attached hydrogens (tertiary/aromatic N) is 3. The second-order valence-electron chi connectivity index (χ2n) is 5.69. The van der Waals surface area contributed by atoms with Gasteiger partial charge >= 0.3 is 0 Å². The van der Waals surface area contributed by atoms with Gasteiger partial charge in [-0.25, -0.2) is 15.0 Å². The third-order valence-corrected chi connectivity index (χ3v) is 3.73. The Morgan fingerprint density at radius 2 is 1.96 bits per heavy atom. The van der Waals surface area contributed by atoms with Gasteiger partial charge in [0.15, 0.2) is 11.6 Å². The first-order valence-corrected chi connectivity index (χ1v) is 8.31. The molecule has 0 aliphatic rings. The number of aromatic nitrogens is 3. The number of pyridine rings is 1. The molecule has 2 heterocycles. The Labute approximate surface area is 142 Å². The van der Waals surface area contributed by atoms with Crippen molar-refractivity contribution >= 4 is 16.7 Å². The summed E-state index contributed by atoms with van der Waals surface area (Å²) in [6.07, 6.45) is 3.95. The van der Waals surface area contributed by atoms with E-state index in [0.717, 1.165) is 47.6 Å². The molecule has 2 aromatic heterocycles. The minimum Gasteiger partial charge on any atom is -0.482 e. The van der Waals surface area contributed by atoms with Gasteiger partial charge in [0.1, 0.15) is 12.4 Å². The maximum Gasteiger partial charge on any atom is 0.180 e. The second kappa shape index (κ2) is 7.73. The Balaban J connectivity index is 1.72. The van der Waals surface area contributed by atoms with Crippen LogP contribution in [0.1, 0.15) is 31.3 Å². The summed E-state index contributed by atoms with van der Waals surface area (Å²) in [7, 11) is 0. The molecule has 0 unspecified atom stereocenters. The number of hydrogen-bond donors (Lipinski definition) is 1. The van der Waals surface area contributed by atoms with Crippen molar-refractivity contribution < 1.29 is 4.74 Å². The van der Waals surface area contributed by atoms with Crippen molar-refractivity contribution in [1.29, 1.82) is 0 Å². The summed E-state index contributed by atoms with van der Waals surface area (Å²) >= 11 is 0. The highest BCUT2D eigenvalue weighted by atomic mass is 16.5. The van der Waals surface area contributed by atoms with Crippen LogP contribution < -0.4 is 10.1 Å². The first-order valence-electron chi connectivity index (χ1n) is 8.31. The number of fused-ring (bicyclic) bond motifs is 1. The number of hydrogen-bond acceptors (Lipinski definition) is 5. The van der Waals surface area contributed by atoms with E-state index in [1.807, 2.05) is 31.2 Å². The standard InChI is InChI=1S/C19H22N4O/c1-3-4-11-20-19-18(12-21-14(2)22-19)24-13-16-10-9-15-7-5-6-8-17(15)23-16/h5-10,12H,3-4,11,13H2,1-2H3,(H,20,21,22). The minimum absolute atomic E-state index is 0.389. The van der Waals surface area contributed by atoms with Crippen LogP contribution >= 0.6 is 0 Å². The third kappa shape index (κ3) is 3.98. The third-order valence-electron chi connectivity index (χ3n) is 3.73. The highest BCUT2D eigenvalue weighted by molar-refractivity contribution is 5.78. The molecule has 0 saturated carbocycles. The highest BCUT2D eigenvalue weighted by Gasteiger charge is 2.08. The van der Waals surface area contributed by atoms with Crippen LogP contribution in [0, 0.1) is 6.92 Å². The Kier molecular flexibility index (Phi) is 5.21. The molecule has 0 aliphatic carbocycles. The van der Waals surface area contributed by atoms with Crippen molar-refractivity contribution in [2.75, 3.05) is 11.9 Å². The van der Waals surface area contributed by atoms with Crippen LogP contribution in [0.15, 0.2) is 42.6 Å². The quantitative estimate of drug-likeness (QED) is 0.663. The predicted octanol–water partition coefficient (Wildman–Crippen LogP) is 4.12. The summed E-state index contributed by atoms with van der Waals surface area (Å²) in [4.78, 5) is 13.3. The van der Waals surface area contributed by atoms with Gasteiger partial charge < -0.3 is 10.1 Å². The van der Waals surface area contributed by atoms with Crippen LogP contribution in [0.25, 0.3) is 10.9 Å². The van der Waals surface area contributed by atoms with E-state index in [4.69, 9.17) is 4.74 Å². The fraction of sp³-hybridized carbons (Fsp3) is 0.316. The van der Waals surface area contributed by atoms with Gasteiger partial charge in [0.2, 0.25) is 0 Å². The summed E-state index contributed by atoms with van der Waals surface area (Å²) in [5.41, 5.74) is 1.86. The summed E-state index contributed by atoms with van der Waals surface area (Å²) < 4.78 is 5.91. The molecule has 0 radical (unpaired) electrons. The number of para-hydroxylation sites is 1. The summed E-state index contributed by atoms with van der Waals surface area (Å²) in [6, 6.07) is 12.1. The van der Waals surface area contributed by atoms with E-state index in [1.54, 1.807) is 6.20 Å². The fourth-order valence-electron chi connectivity index (χ4n) is 2.42. The normalized spacial score (nSPS) is 10.8. The molecule has 1 aromatic carbocycles. The first kappa shape index (κ1) is 16.2. The van der Waals surface area contributed by atoms with Gasteiger partial charge in [0, 0.05) is 11.9 Å². The lowest BCUT2D eigenvalue weighted by molar-refractivity contribution is 0.300. The molecule has 3 rings (SSSR count). The second-order valence-corrected chi connectivity index (χ2v) is 5.69. The molecule has 5 heteroatoms. The van der Waals surface area contributed by atoms with Crippen molar-refractivity contribution in [2.45, 2.75) is 33.3 Å². The van der Waals surface area contributed by atoms with E-state index in [2.05, 4.69) is 39.3 Å². The van der Waals surface area contributed by atoms with Gasteiger partial charge in [-0.05, 0) is 25.5 Å². The molecule has 3 aromatic rings. The monoisotopic (exact) mass is 322 g/mol. The van der Waals surface area contributed by atoms with Gasteiger partial charge in [-0.1, -0.05) is 37.6 Å². The summed E-state index contributed by atoms with van der Waals surface area (Å²) in [6.45, 7) is 5.30. The van der Waals surface area contributed by atoms with Crippen LogP contribution in [0.3, 0.4) is 0 Å². The van der Waals surface area contributed by atoms with Crippen LogP contribution in [0.4, 0.5) is 5.82 Å². The highest BCUT2D eigenvalue weighted by Crippen LogP contribution is 2.22. The van der Waals surface area contributed by atoms with E-state index in [9.17, 15) is 0 Å². The maximum absolute atomic E-state index is 5.91. The number of aryl methyl sites for hydroxylation is 1. The van der Waals surface area contributed by atoms with Crippen molar-refractivity contribution in [3.8, 4) is 5.75 Å². The van der Waals surface area contributed by atoms with Gasteiger partial charge in [-0.2, -0.15) is 0 Å². The first-order chi connectivity index (χ1) is 11.8. The lowest BCUT2D eigenvalue weighted by Crippen LogP contribution is -2.08. The average Bonchev–Trinajstić information content (AvgIpc) is 2.61. The molecule has 0 fully saturated rings.